The number of carbonyl (C=O) groups excluding carboxylic acids is 1. The van der Waals surface area contributed by atoms with Gasteiger partial charge in [0.15, 0.2) is 0 Å². The molecule has 4 heteroatoms. The second-order valence-electron chi connectivity index (χ2n) is 6.11. The molecule has 22 heavy (non-hydrogen) atoms. The number of nitrogens with two attached hydrogens (primary N) is 1. The molecule has 0 saturated carbocycles. The molecule has 2 aromatic rings. The number of hydrogen-bond donors (Lipinski definition) is 1. The number of hydrogen-bond acceptors (Lipinski definition) is 3. The first-order valence-corrected chi connectivity index (χ1v) is 7.68. The minimum absolute atomic E-state index is 0.00367. The van der Waals surface area contributed by atoms with E-state index in [1.165, 1.54) is 10.8 Å². The van der Waals surface area contributed by atoms with Crippen LogP contribution in [0.15, 0.2) is 42.5 Å². The summed E-state index contributed by atoms with van der Waals surface area (Å²) in [5, 5.41) is 2.40. The van der Waals surface area contributed by atoms with Crippen molar-refractivity contribution < 1.29 is 9.53 Å². The zero-order valence-corrected chi connectivity index (χ0v) is 12.9. The number of benzene rings is 2. The summed E-state index contributed by atoms with van der Waals surface area (Å²) in [6, 6.07) is 14.5. The lowest BCUT2D eigenvalue weighted by atomic mass is 9.89. The van der Waals surface area contributed by atoms with Crippen LogP contribution in [0.3, 0.4) is 0 Å². The topological polar surface area (TPSA) is 55.6 Å². The normalized spacial score (nSPS) is 17.4. The van der Waals surface area contributed by atoms with Crippen LogP contribution >= 0.6 is 0 Å². The van der Waals surface area contributed by atoms with Crippen molar-refractivity contribution in [2.24, 2.45) is 5.73 Å². The van der Waals surface area contributed by atoms with E-state index in [1.54, 1.807) is 4.90 Å². The van der Waals surface area contributed by atoms with E-state index < -0.39 is 5.54 Å². The van der Waals surface area contributed by atoms with Gasteiger partial charge >= 0.3 is 0 Å². The third kappa shape index (κ3) is 2.98. The van der Waals surface area contributed by atoms with Crippen LogP contribution in [0.4, 0.5) is 0 Å². The van der Waals surface area contributed by atoms with Crippen LogP contribution in [0, 0.1) is 0 Å². The highest BCUT2D eigenvalue weighted by atomic mass is 16.5. The highest BCUT2D eigenvalue weighted by Gasteiger charge is 2.37. The highest BCUT2D eigenvalue weighted by Crippen LogP contribution is 2.22. The van der Waals surface area contributed by atoms with Gasteiger partial charge in [0.1, 0.15) is 0 Å². The molecule has 1 saturated heterocycles. The summed E-state index contributed by atoms with van der Waals surface area (Å²) >= 11 is 0. The molecule has 2 N–H and O–H groups in total. The molecule has 4 nitrogen and oxygen atoms in total. The Hall–Kier alpha value is -1.91. The standard InChI is InChI=1S/C18H22N2O2/c1-20(17(21)18(19)8-10-22-11-9-18)13-14-6-7-15-4-2-3-5-16(15)12-14/h2-7,12H,8-11,13,19H2,1H3. The number of fused-ring (bicyclic) bond motifs is 1. The predicted molar refractivity (Wildman–Crippen MR) is 87.4 cm³/mol. The number of carbonyl (C=O) groups is 1. The van der Waals surface area contributed by atoms with Crippen molar-refractivity contribution in [3.8, 4) is 0 Å². The van der Waals surface area contributed by atoms with Gasteiger partial charge < -0.3 is 15.4 Å². The SMILES string of the molecule is CN(Cc1ccc2ccccc2c1)C(=O)C1(N)CCOCC1. The van der Waals surface area contributed by atoms with Gasteiger partial charge in [0, 0.05) is 26.8 Å². The summed E-state index contributed by atoms with van der Waals surface area (Å²) in [4.78, 5) is 14.4. The van der Waals surface area contributed by atoms with E-state index in [4.69, 9.17) is 10.5 Å². The minimum atomic E-state index is -0.774. The van der Waals surface area contributed by atoms with Gasteiger partial charge in [-0.1, -0.05) is 36.4 Å². The van der Waals surface area contributed by atoms with Gasteiger partial charge in [-0.25, -0.2) is 0 Å². The first-order chi connectivity index (χ1) is 10.6. The molecule has 1 heterocycles. The van der Waals surface area contributed by atoms with Crippen LogP contribution in [-0.2, 0) is 16.1 Å². The maximum Gasteiger partial charge on any atom is 0.242 e. The van der Waals surface area contributed by atoms with Gasteiger partial charge in [-0.05, 0) is 35.2 Å². The summed E-state index contributed by atoms with van der Waals surface area (Å²) in [5.74, 6) is 0.00367. The van der Waals surface area contributed by atoms with Crippen molar-refractivity contribution in [3.05, 3.63) is 48.0 Å². The molecule has 0 bridgehead atoms. The summed E-state index contributed by atoms with van der Waals surface area (Å²) in [7, 11) is 1.82. The second kappa shape index (κ2) is 6.07. The molecule has 0 aromatic heterocycles. The largest absolute Gasteiger partial charge is 0.381 e. The number of likely N-dealkylation sites (N-methyl/N-ethyl adjacent to an activating group) is 1. The van der Waals surface area contributed by atoms with E-state index in [0.29, 0.717) is 32.6 Å². The van der Waals surface area contributed by atoms with E-state index in [9.17, 15) is 4.79 Å². The lowest BCUT2D eigenvalue weighted by Crippen LogP contribution is -2.57. The quantitative estimate of drug-likeness (QED) is 0.946. The number of rotatable bonds is 3. The molecule has 0 aliphatic carbocycles. The Balaban J connectivity index is 1.74. The van der Waals surface area contributed by atoms with Gasteiger partial charge in [0.05, 0.1) is 5.54 Å². The molecule has 0 spiro atoms. The Kier molecular flexibility index (Phi) is 4.14. The first-order valence-electron chi connectivity index (χ1n) is 7.68. The maximum absolute atomic E-state index is 12.6. The lowest BCUT2D eigenvalue weighted by molar-refractivity contribution is -0.139. The summed E-state index contributed by atoms with van der Waals surface area (Å²) in [5.41, 5.74) is 6.62. The molecule has 0 unspecified atom stereocenters. The molecule has 116 valence electrons. The van der Waals surface area contributed by atoms with Crippen LogP contribution in [0.2, 0.25) is 0 Å². The number of nitrogens with zero attached hydrogens (tertiary/aromatic N) is 1. The van der Waals surface area contributed by atoms with Crippen LogP contribution in [-0.4, -0.2) is 36.6 Å². The molecular formula is C18H22N2O2. The van der Waals surface area contributed by atoms with E-state index in [2.05, 4.69) is 30.3 Å². The van der Waals surface area contributed by atoms with E-state index in [1.807, 2.05) is 19.2 Å². The summed E-state index contributed by atoms with van der Waals surface area (Å²) in [6.07, 6.45) is 1.18. The second-order valence-corrected chi connectivity index (χ2v) is 6.11. The van der Waals surface area contributed by atoms with Crippen LogP contribution < -0.4 is 5.73 Å². The van der Waals surface area contributed by atoms with Gasteiger partial charge in [0.2, 0.25) is 5.91 Å². The smallest absolute Gasteiger partial charge is 0.242 e. The molecule has 1 aliphatic heterocycles. The highest BCUT2D eigenvalue weighted by molar-refractivity contribution is 5.86. The average Bonchev–Trinajstić information content (AvgIpc) is 2.54. The Bertz CT molecular complexity index is 678. The molecule has 0 radical (unpaired) electrons. The van der Waals surface area contributed by atoms with Crippen molar-refractivity contribution in [3.63, 3.8) is 0 Å². The van der Waals surface area contributed by atoms with Crippen molar-refractivity contribution in [2.75, 3.05) is 20.3 Å². The lowest BCUT2D eigenvalue weighted by Gasteiger charge is -2.35. The fourth-order valence-electron chi connectivity index (χ4n) is 3.01. The van der Waals surface area contributed by atoms with Crippen LogP contribution in [0.25, 0.3) is 10.8 Å². The fraction of sp³-hybridized carbons (Fsp3) is 0.389. The summed E-state index contributed by atoms with van der Waals surface area (Å²) in [6.45, 7) is 1.70. The van der Waals surface area contributed by atoms with Crippen molar-refractivity contribution in [1.82, 2.24) is 4.90 Å². The molecule has 1 amide bonds. The van der Waals surface area contributed by atoms with Crippen molar-refractivity contribution >= 4 is 16.7 Å². The number of ether oxygens (including phenoxy) is 1. The molecule has 3 rings (SSSR count). The van der Waals surface area contributed by atoms with Gasteiger partial charge in [-0.15, -0.1) is 0 Å². The zero-order chi connectivity index (χ0) is 15.6. The first kappa shape index (κ1) is 15.0. The van der Waals surface area contributed by atoms with Crippen molar-refractivity contribution in [1.29, 1.82) is 0 Å². The summed E-state index contributed by atoms with van der Waals surface area (Å²) < 4.78 is 5.31. The third-order valence-corrected chi connectivity index (χ3v) is 4.39. The Morgan fingerprint density at radius 2 is 1.86 bits per heavy atom. The Morgan fingerprint density at radius 3 is 2.59 bits per heavy atom. The fourth-order valence-corrected chi connectivity index (χ4v) is 3.01. The van der Waals surface area contributed by atoms with Gasteiger partial charge in [-0.2, -0.15) is 0 Å². The molecule has 1 aliphatic rings. The molecule has 1 fully saturated rings. The Labute approximate surface area is 130 Å². The molecular weight excluding hydrogens is 276 g/mol. The van der Waals surface area contributed by atoms with Crippen molar-refractivity contribution in [2.45, 2.75) is 24.9 Å². The monoisotopic (exact) mass is 298 g/mol. The minimum Gasteiger partial charge on any atom is -0.381 e. The van der Waals surface area contributed by atoms with Crippen LogP contribution in [0.5, 0.6) is 0 Å². The van der Waals surface area contributed by atoms with E-state index in [-0.39, 0.29) is 5.91 Å². The number of amides is 1. The molecule has 2 aromatic carbocycles. The van der Waals surface area contributed by atoms with Gasteiger partial charge in [-0.3, -0.25) is 4.79 Å². The Morgan fingerprint density at radius 1 is 1.18 bits per heavy atom. The van der Waals surface area contributed by atoms with Crippen LogP contribution in [0.1, 0.15) is 18.4 Å². The predicted octanol–water partition coefficient (Wildman–Crippen LogP) is 2.31. The molecule has 0 atom stereocenters. The third-order valence-electron chi connectivity index (χ3n) is 4.39. The zero-order valence-electron chi connectivity index (χ0n) is 12.9. The maximum atomic E-state index is 12.6. The average molecular weight is 298 g/mol. The van der Waals surface area contributed by atoms with E-state index in [0.717, 1.165) is 5.56 Å². The van der Waals surface area contributed by atoms with Gasteiger partial charge in [0.25, 0.3) is 0 Å². The van der Waals surface area contributed by atoms with E-state index >= 15 is 0 Å².